The lowest BCUT2D eigenvalue weighted by Gasteiger charge is -1.89. The summed E-state index contributed by atoms with van der Waals surface area (Å²) in [5.74, 6) is -0.972. The quantitative estimate of drug-likeness (QED) is 0.451. The van der Waals surface area contributed by atoms with Crippen LogP contribution in [0.1, 0.15) is 0 Å². The van der Waals surface area contributed by atoms with E-state index < -0.39 is 5.97 Å². The Morgan fingerprint density at radius 2 is 2.38 bits per heavy atom. The summed E-state index contributed by atoms with van der Waals surface area (Å²) in [7, 11) is 0. The molecule has 0 unspecified atom stereocenters. The van der Waals surface area contributed by atoms with Gasteiger partial charge in [-0.3, -0.25) is 14.9 Å². The van der Waals surface area contributed by atoms with Crippen LogP contribution in [-0.4, -0.2) is 30.5 Å². The van der Waals surface area contributed by atoms with Gasteiger partial charge in [-0.15, -0.1) is 0 Å². The molecule has 4 nitrogen and oxygen atoms in total. The molecule has 4 heteroatoms. The van der Waals surface area contributed by atoms with E-state index in [0.29, 0.717) is 0 Å². The second-order valence-electron chi connectivity index (χ2n) is 1.14. The van der Waals surface area contributed by atoms with E-state index in [-0.39, 0.29) is 13.1 Å². The Kier molecular flexibility index (Phi) is 3.78. The molecule has 0 heterocycles. The summed E-state index contributed by atoms with van der Waals surface area (Å²) < 4.78 is 0. The van der Waals surface area contributed by atoms with Crippen LogP contribution in [0.15, 0.2) is 0 Å². The van der Waals surface area contributed by atoms with E-state index in [9.17, 15) is 9.59 Å². The molecular formula is C4H6NO3. The molecule has 0 aliphatic carbocycles. The molecular weight excluding hydrogens is 110 g/mol. The van der Waals surface area contributed by atoms with Crippen LogP contribution in [0.25, 0.3) is 0 Å². The number of hydrogen-bond donors (Lipinski definition) is 2. The normalized spacial score (nSPS) is 8.50. The standard InChI is InChI=1S/C4H6NO3/c6-2-1-5-3-4(7)8/h5H,1,3H2,(H,7,8). The van der Waals surface area contributed by atoms with Gasteiger partial charge in [0.25, 0.3) is 0 Å². The number of carboxylic acids is 1. The first-order valence-electron chi connectivity index (χ1n) is 2.05. The van der Waals surface area contributed by atoms with Crippen LogP contribution >= 0.6 is 0 Å². The molecule has 0 saturated heterocycles. The lowest BCUT2D eigenvalue weighted by Crippen LogP contribution is -2.23. The zero-order valence-electron chi connectivity index (χ0n) is 4.18. The van der Waals surface area contributed by atoms with E-state index >= 15 is 0 Å². The number of carbonyl (C=O) groups excluding carboxylic acids is 1. The SMILES string of the molecule is O=[C]CNCC(=O)O. The zero-order valence-corrected chi connectivity index (χ0v) is 4.18. The van der Waals surface area contributed by atoms with E-state index in [2.05, 4.69) is 5.32 Å². The fraction of sp³-hybridized carbons (Fsp3) is 0.500. The van der Waals surface area contributed by atoms with E-state index in [1.807, 2.05) is 0 Å². The van der Waals surface area contributed by atoms with E-state index in [1.54, 1.807) is 0 Å². The monoisotopic (exact) mass is 116 g/mol. The van der Waals surface area contributed by atoms with Gasteiger partial charge in [0.15, 0.2) is 0 Å². The third kappa shape index (κ3) is 5.10. The number of hydrogen-bond acceptors (Lipinski definition) is 3. The van der Waals surface area contributed by atoms with Crippen molar-refractivity contribution in [1.29, 1.82) is 0 Å². The van der Waals surface area contributed by atoms with Crippen molar-refractivity contribution >= 4 is 12.3 Å². The Morgan fingerprint density at radius 3 is 2.75 bits per heavy atom. The van der Waals surface area contributed by atoms with Crippen molar-refractivity contribution in [2.45, 2.75) is 0 Å². The van der Waals surface area contributed by atoms with Gasteiger partial charge < -0.3 is 5.11 Å². The third-order valence-electron chi connectivity index (χ3n) is 0.473. The Labute approximate surface area is 46.5 Å². The highest BCUT2D eigenvalue weighted by molar-refractivity contribution is 5.69. The van der Waals surface area contributed by atoms with Gasteiger partial charge in [-0.25, -0.2) is 0 Å². The van der Waals surface area contributed by atoms with Gasteiger partial charge in [-0.2, -0.15) is 0 Å². The van der Waals surface area contributed by atoms with Crippen LogP contribution in [-0.2, 0) is 9.59 Å². The topological polar surface area (TPSA) is 66.4 Å². The Bertz CT molecular complexity index is 91.3. The average Bonchev–Trinajstić information content (AvgIpc) is 1.66. The maximum atomic E-state index is 9.68. The number of rotatable bonds is 4. The second kappa shape index (κ2) is 4.26. The first kappa shape index (κ1) is 7.10. The lowest BCUT2D eigenvalue weighted by molar-refractivity contribution is -0.135. The minimum absolute atomic E-state index is 0.0215. The van der Waals surface area contributed by atoms with Gasteiger partial charge in [-0.05, 0) is 0 Å². The van der Waals surface area contributed by atoms with Crippen LogP contribution in [0.5, 0.6) is 0 Å². The van der Waals surface area contributed by atoms with Crippen molar-refractivity contribution in [3.8, 4) is 0 Å². The van der Waals surface area contributed by atoms with Gasteiger partial charge in [0, 0.05) is 0 Å². The van der Waals surface area contributed by atoms with Crippen molar-refractivity contribution in [2.24, 2.45) is 0 Å². The molecule has 1 radical (unpaired) electrons. The molecule has 0 rings (SSSR count). The first-order chi connectivity index (χ1) is 3.77. The van der Waals surface area contributed by atoms with Crippen molar-refractivity contribution in [2.75, 3.05) is 13.1 Å². The summed E-state index contributed by atoms with van der Waals surface area (Å²) >= 11 is 0. The Hall–Kier alpha value is -0.900. The molecule has 0 atom stereocenters. The van der Waals surface area contributed by atoms with Crippen molar-refractivity contribution in [3.05, 3.63) is 0 Å². The van der Waals surface area contributed by atoms with E-state index in [0.717, 1.165) is 0 Å². The lowest BCUT2D eigenvalue weighted by atomic mass is 10.6. The van der Waals surface area contributed by atoms with Gasteiger partial charge in [-0.1, -0.05) is 0 Å². The molecule has 45 valence electrons. The fourth-order valence-corrected chi connectivity index (χ4v) is 0.220. The summed E-state index contributed by atoms with van der Waals surface area (Å²) in [5, 5.41) is 10.3. The molecule has 0 bridgehead atoms. The predicted octanol–water partition coefficient (Wildman–Crippen LogP) is -1.23. The molecule has 0 spiro atoms. The van der Waals surface area contributed by atoms with Crippen LogP contribution in [0.2, 0.25) is 0 Å². The molecule has 0 amide bonds. The molecule has 2 N–H and O–H groups in total. The molecule has 0 aromatic carbocycles. The largest absolute Gasteiger partial charge is 0.480 e. The van der Waals surface area contributed by atoms with Gasteiger partial charge in [0.2, 0.25) is 6.29 Å². The average molecular weight is 116 g/mol. The number of nitrogens with one attached hydrogen (secondary N) is 1. The zero-order chi connectivity index (χ0) is 6.41. The summed E-state index contributed by atoms with van der Waals surface area (Å²) in [6.07, 6.45) is 1.50. The Balaban J connectivity index is 2.93. The number of carboxylic acid groups (broad SMARTS) is 1. The van der Waals surface area contributed by atoms with Crippen molar-refractivity contribution < 1.29 is 14.7 Å². The van der Waals surface area contributed by atoms with E-state index in [1.165, 1.54) is 6.29 Å². The maximum Gasteiger partial charge on any atom is 0.317 e. The predicted molar refractivity (Wildman–Crippen MR) is 26.2 cm³/mol. The van der Waals surface area contributed by atoms with Crippen molar-refractivity contribution in [1.82, 2.24) is 5.32 Å². The van der Waals surface area contributed by atoms with Crippen LogP contribution in [0, 0.1) is 0 Å². The Morgan fingerprint density at radius 1 is 1.75 bits per heavy atom. The molecule has 0 saturated carbocycles. The first-order valence-corrected chi connectivity index (χ1v) is 2.05. The summed E-state index contributed by atoms with van der Waals surface area (Å²) in [4.78, 5) is 19.1. The molecule has 0 aromatic heterocycles. The smallest absolute Gasteiger partial charge is 0.317 e. The minimum Gasteiger partial charge on any atom is -0.480 e. The summed E-state index contributed by atoms with van der Waals surface area (Å²) in [6, 6.07) is 0. The van der Waals surface area contributed by atoms with Crippen molar-refractivity contribution in [3.63, 3.8) is 0 Å². The van der Waals surface area contributed by atoms with E-state index in [4.69, 9.17) is 5.11 Å². The van der Waals surface area contributed by atoms with Gasteiger partial charge in [0.05, 0.1) is 13.1 Å². The van der Waals surface area contributed by atoms with Gasteiger partial charge in [0.1, 0.15) is 0 Å². The van der Waals surface area contributed by atoms with Gasteiger partial charge >= 0.3 is 5.97 Å². The molecule has 0 fully saturated rings. The highest BCUT2D eigenvalue weighted by atomic mass is 16.4. The van der Waals surface area contributed by atoms with Crippen LogP contribution in [0.3, 0.4) is 0 Å². The summed E-state index contributed by atoms with van der Waals surface area (Å²) in [5.41, 5.74) is 0. The fourth-order valence-electron chi connectivity index (χ4n) is 0.220. The third-order valence-corrected chi connectivity index (χ3v) is 0.473. The molecule has 0 aliphatic rings. The molecule has 8 heavy (non-hydrogen) atoms. The highest BCUT2D eigenvalue weighted by Crippen LogP contribution is 1.55. The maximum absolute atomic E-state index is 9.68. The minimum atomic E-state index is -0.972. The summed E-state index contributed by atoms with van der Waals surface area (Å²) in [6.45, 7) is -0.207. The van der Waals surface area contributed by atoms with Crippen LogP contribution < -0.4 is 5.32 Å². The highest BCUT2D eigenvalue weighted by Gasteiger charge is 1.91. The van der Waals surface area contributed by atoms with Crippen LogP contribution in [0.4, 0.5) is 0 Å². The second-order valence-corrected chi connectivity index (χ2v) is 1.14. The number of carbonyl (C=O) groups is 1. The molecule has 0 aliphatic heterocycles. The number of aliphatic carboxylic acids is 1. The molecule has 0 aromatic rings.